The lowest BCUT2D eigenvalue weighted by molar-refractivity contribution is 0.377. The van der Waals surface area contributed by atoms with E-state index >= 15 is 0 Å². The van der Waals surface area contributed by atoms with Crippen LogP contribution in [0.15, 0.2) is 23.6 Å². The minimum atomic E-state index is -4.34. The molecule has 0 heterocycles. The monoisotopic (exact) mass is 394 g/mol. The highest BCUT2D eigenvalue weighted by Gasteiger charge is 2.24. The van der Waals surface area contributed by atoms with Crippen molar-refractivity contribution >= 4 is 27.5 Å². The maximum atomic E-state index is 13.5. The number of ether oxygens (including phenoxy) is 1. The molecule has 0 fully saturated rings. The van der Waals surface area contributed by atoms with Crippen LogP contribution in [0.1, 0.15) is 5.56 Å². The van der Waals surface area contributed by atoms with Gasteiger partial charge in [-0.1, -0.05) is 0 Å². The Morgan fingerprint density at radius 1 is 1.00 bits per heavy atom. The Morgan fingerprint density at radius 2 is 1.54 bits per heavy atom. The third-order valence-corrected chi connectivity index (χ3v) is 4.16. The van der Waals surface area contributed by atoms with Crippen LogP contribution in [0.4, 0.5) is 33.3 Å². The molecular formula is C15H11F5N2O3S. The number of hydrogen-bond donors (Lipinski definition) is 2. The fraction of sp³-hybridized carbons (Fsp3) is 0.0667. The molecule has 0 saturated carbocycles. The molecule has 0 spiro atoms. The summed E-state index contributed by atoms with van der Waals surface area (Å²) in [5.74, 6) is -10.7. The zero-order valence-corrected chi connectivity index (χ0v) is 13.8. The lowest BCUT2D eigenvalue weighted by atomic mass is 10.1. The molecule has 140 valence electrons. The van der Waals surface area contributed by atoms with E-state index in [9.17, 15) is 30.4 Å². The molecule has 26 heavy (non-hydrogen) atoms. The topological polar surface area (TPSA) is 81.4 Å². The molecule has 0 aliphatic heterocycles. The molecular weight excluding hydrogens is 383 g/mol. The highest BCUT2D eigenvalue weighted by Crippen LogP contribution is 2.26. The van der Waals surface area contributed by atoms with Gasteiger partial charge in [-0.2, -0.15) is 0 Å². The summed E-state index contributed by atoms with van der Waals surface area (Å²) in [6.45, 7) is 0. The van der Waals surface area contributed by atoms with Gasteiger partial charge in [-0.25, -0.2) is 30.4 Å². The molecule has 0 aliphatic carbocycles. The van der Waals surface area contributed by atoms with E-state index in [1.807, 2.05) is 4.72 Å². The summed E-state index contributed by atoms with van der Waals surface area (Å²) in [4.78, 5) is 0. The molecule has 0 bridgehead atoms. The molecule has 3 N–H and O–H groups in total. The summed E-state index contributed by atoms with van der Waals surface area (Å²) in [6.07, 6.45) is 0.255. The minimum absolute atomic E-state index is 0.00892. The summed E-state index contributed by atoms with van der Waals surface area (Å²) in [5, 5.41) is 0.256. The molecule has 2 rings (SSSR count). The van der Waals surface area contributed by atoms with Gasteiger partial charge in [-0.05, 0) is 24.3 Å². The first-order valence-electron chi connectivity index (χ1n) is 6.73. The van der Waals surface area contributed by atoms with E-state index < -0.39 is 44.7 Å². The first-order chi connectivity index (χ1) is 12.1. The van der Waals surface area contributed by atoms with E-state index in [1.165, 1.54) is 25.3 Å². The molecule has 2 aromatic rings. The Morgan fingerprint density at radius 3 is 2.04 bits per heavy atom. The Kier molecular flexibility index (Phi) is 5.40. The van der Waals surface area contributed by atoms with Crippen LogP contribution in [-0.2, 0) is 10.0 Å². The second kappa shape index (κ2) is 7.20. The van der Waals surface area contributed by atoms with Crippen LogP contribution in [0.5, 0.6) is 5.75 Å². The largest absolute Gasteiger partial charge is 0.495 e. The van der Waals surface area contributed by atoms with E-state index in [0.29, 0.717) is 0 Å². The number of benzene rings is 2. The molecule has 0 radical (unpaired) electrons. The molecule has 0 unspecified atom stereocenters. The number of halogens is 5. The van der Waals surface area contributed by atoms with Crippen LogP contribution in [0.3, 0.4) is 0 Å². The molecule has 0 amide bonds. The molecule has 0 saturated heterocycles. The van der Waals surface area contributed by atoms with E-state index in [0.717, 1.165) is 0 Å². The first kappa shape index (κ1) is 19.5. The van der Waals surface area contributed by atoms with Crippen molar-refractivity contribution in [1.29, 1.82) is 0 Å². The maximum absolute atomic E-state index is 13.5. The second-order valence-corrected chi connectivity index (χ2v) is 6.46. The number of methoxy groups -OCH3 is 1. The highest BCUT2D eigenvalue weighted by molar-refractivity contribution is 7.95. The number of sulfonamides is 1. The minimum Gasteiger partial charge on any atom is -0.495 e. The normalized spacial score (nSPS) is 11.8. The van der Waals surface area contributed by atoms with Gasteiger partial charge in [0.15, 0.2) is 23.3 Å². The second-order valence-electron chi connectivity index (χ2n) is 4.89. The van der Waals surface area contributed by atoms with Crippen molar-refractivity contribution < 1.29 is 35.1 Å². The van der Waals surface area contributed by atoms with Crippen molar-refractivity contribution in [1.82, 2.24) is 0 Å². The van der Waals surface area contributed by atoms with E-state index in [2.05, 4.69) is 0 Å². The van der Waals surface area contributed by atoms with Crippen LogP contribution in [-0.4, -0.2) is 15.5 Å². The Labute approximate surface area is 144 Å². The van der Waals surface area contributed by atoms with Gasteiger partial charge in [-0.3, -0.25) is 4.72 Å². The van der Waals surface area contributed by atoms with Crippen molar-refractivity contribution in [2.75, 3.05) is 17.6 Å². The smallest absolute Gasteiger partial charge is 0.255 e. The highest BCUT2D eigenvalue weighted by atomic mass is 32.2. The molecule has 2 aromatic carbocycles. The number of hydrogen-bond acceptors (Lipinski definition) is 4. The van der Waals surface area contributed by atoms with Crippen LogP contribution in [0.25, 0.3) is 6.08 Å². The van der Waals surface area contributed by atoms with Crippen LogP contribution in [0.2, 0.25) is 0 Å². The molecule has 0 aromatic heterocycles. The predicted molar refractivity (Wildman–Crippen MR) is 85.2 cm³/mol. The lowest BCUT2D eigenvalue weighted by Crippen LogP contribution is -2.10. The average Bonchev–Trinajstić information content (AvgIpc) is 2.58. The zero-order valence-electron chi connectivity index (χ0n) is 13.0. The van der Waals surface area contributed by atoms with Gasteiger partial charge in [0, 0.05) is 0 Å². The fourth-order valence-corrected chi connectivity index (χ4v) is 2.76. The van der Waals surface area contributed by atoms with Gasteiger partial charge in [0.1, 0.15) is 5.75 Å². The quantitative estimate of drug-likeness (QED) is 0.353. The van der Waals surface area contributed by atoms with Gasteiger partial charge in [-0.15, -0.1) is 0 Å². The first-order valence-corrected chi connectivity index (χ1v) is 8.28. The standard InChI is InChI=1S/C15H11F5N2O3S/c1-25-10-3-2-7(6-9(10)21)22-26(23,24)5-4-8-11(16)13(18)15(20)14(19)12(8)17/h2-6,22H,21H2,1H3/b5-4+. The summed E-state index contributed by atoms with van der Waals surface area (Å²) in [7, 11) is -2.99. The van der Waals surface area contributed by atoms with Crippen molar-refractivity contribution in [3.63, 3.8) is 0 Å². The van der Waals surface area contributed by atoms with Gasteiger partial charge < -0.3 is 10.5 Å². The zero-order chi connectivity index (χ0) is 19.6. The van der Waals surface area contributed by atoms with Crippen LogP contribution in [0, 0.1) is 29.1 Å². The van der Waals surface area contributed by atoms with Crippen molar-refractivity contribution in [2.24, 2.45) is 0 Å². The molecule has 0 aliphatic rings. The number of anilines is 2. The van der Waals surface area contributed by atoms with E-state index in [1.54, 1.807) is 0 Å². The summed E-state index contributed by atoms with van der Waals surface area (Å²) in [5.41, 5.74) is 4.32. The lowest BCUT2D eigenvalue weighted by Gasteiger charge is -2.08. The molecule has 11 heteroatoms. The van der Waals surface area contributed by atoms with Gasteiger partial charge >= 0.3 is 0 Å². The third-order valence-electron chi connectivity index (χ3n) is 3.15. The fourth-order valence-electron chi connectivity index (χ4n) is 1.92. The third kappa shape index (κ3) is 3.87. The maximum Gasteiger partial charge on any atom is 0.255 e. The van der Waals surface area contributed by atoms with Crippen LogP contribution >= 0.6 is 0 Å². The predicted octanol–water partition coefficient (Wildman–Crippen LogP) is 3.39. The average molecular weight is 394 g/mol. The number of nitrogens with two attached hydrogens (primary N) is 1. The Hall–Kier alpha value is -2.82. The summed E-state index contributed by atoms with van der Waals surface area (Å²) >= 11 is 0. The molecule has 0 atom stereocenters. The van der Waals surface area contributed by atoms with Crippen molar-refractivity contribution in [3.8, 4) is 5.75 Å². The van der Waals surface area contributed by atoms with Gasteiger partial charge in [0.2, 0.25) is 5.82 Å². The number of rotatable bonds is 5. The summed E-state index contributed by atoms with van der Waals surface area (Å²) < 4.78 is 96.9. The SMILES string of the molecule is COc1ccc(NS(=O)(=O)/C=C/c2c(F)c(F)c(F)c(F)c2F)cc1N. The van der Waals surface area contributed by atoms with Crippen LogP contribution < -0.4 is 15.2 Å². The van der Waals surface area contributed by atoms with E-state index in [-0.39, 0.29) is 28.6 Å². The number of nitrogens with one attached hydrogen (secondary N) is 1. The number of nitrogen functional groups attached to an aromatic ring is 1. The van der Waals surface area contributed by atoms with Crippen molar-refractivity contribution in [2.45, 2.75) is 0 Å². The van der Waals surface area contributed by atoms with E-state index in [4.69, 9.17) is 10.5 Å². The molecule has 5 nitrogen and oxygen atoms in total. The van der Waals surface area contributed by atoms with Gasteiger partial charge in [0.05, 0.1) is 29.5 Å². The van der Waals surface area contributed by atoms with Gasteiger partial charge in [0.25, 0.3) is 10.0 Å². The summed E-state index contributed by atoms with van der Waals surface area (Å²) in [6, 6.07) is 3.86. The van der Waals surface area contributed by atoms with Crippen molar-refractivity contribution in [3.05, 3.63) is 58.3 Å². The Bertz CT molecular complexity index is 964. The Balaban J connectivity index is 2.34.